The van der Waals surface area contributed by atoms with Crippen molar-refractivity contribution in [1.29, 1.82) is 0 Å². The van der Waals surface area contributed by atoms with Crippen LogP contribution in [-0.2, 0) is 14.3 Å². The maximum absolute atomic E-state index is 12.6. The molecule has 2 heterocycles. The fourth-order valence-electron chi connectivity index (χ4n) is 2.93. The Morgan fingerprint density at radius 2 is 2.26 bits per heavy atom. The topological polar surface area (TPSA) is 92.9 Å². The molecule has 2 aliphatic heterocycles. The molecule has 0 bridgehead atoms. The molecule has 0 aromatic heterocycles. The highest BCUT2D eigenvalue weighted by Gasteiger charge is 2.47. The Morgan fingerprint density at radius 1 is 1.53 bits per heavy atom. The third-order valence-corrected chi connectivity index (χ3v) is 4.28. The molecule has 3 atom stereocenters. The molecule has 19 heavy (non-hydrogen) atoms. The predicted molar refractivity (Wildman–Crippen MR) is 68.5 cm³/mol. The number of aliphatic carboxylic acids is 1. The zero-order valence-corrected chi connectivity index (χ0v) is 11.3. The summed E-state index contributed by atoms with van der Waals surface area (Å²) in [6.45, 7) is 3.82. The highest BCUT2D eigenvalue weighted by Crippen LogP contribution is 2.31. The second-order valence-corrected chi connectivity index (χ2v) is 5.90. The molecule has 0 aromatic carbocycles. The second-order valence-electron chi connectivity index (χ2n) is 5.90. The standard InChI is InChI=1S/C13H22N2O4/c1-13(8-19-7-10(13)14)12(18)15-4-2-3-9(6-15)5-11(16)17/h9-10H,2-8,14H2,1H3,(H,16,17). The Morgan fingerprint density at radius 3 is 2.84 bits per heavy atom. The zero-order chi connectivity index (χ0) is 14.0. The minimum absolute atomic E-state index is 0.00703. The normalized spacial score (nSPS) is 35.4. The summed E-state index contributed by atoms with van der Waals surface area (Å²) in [6.07, 6.45) is 1.86. The van der Waals surface area contributed by atoms with Gasteiger partial charge in [-0.15, -0.1) is 0 Å². The SMILES string of the molecule is CC1(C(=O)N2CCCC(CC(=O)O)C2)COCC1N. The lowest BCUT2D eigenvalue weighted by Crippen LogP contribution is -2.53. The number of amides is 1. The van der Waals surface area contributed by atoms with Gasteiger partial charge < -0.3 is 20.5 Å². The summed E-state index contributed by atoms with van der Waals surface area (Å²) in [6, 6.07) is -0.278. The molecule has 108 valence electrons. The maximum atomic E-state index is 12.6. The van der Waals surface area contributed by atoms with Crippen molar-refractivity contribution in [3.05, 3.63) is 0 Å². The Kier molecular flexibility index (Phi) is 4.10. The first-order chi connectivity index (χ1) is 8.93. The summed E-state index contributed by atoms with van der Waals surface area (Å²) in [5.41, 5.74) is 5.31. The zero-order valence-electron chi connectivity index (χ0n) is 11.3. The second kappa shape index (κ2) is 5.46. The number of carboxylic acids is 1. The van der Waals surface area contributed by atoms with Crippen molar-refractivity contribution in [2.45, 2.75) is 32.2 Å². The first-order valence-electron chi connectivity index (χ1n) is 6.78. The number of carbonyl (C=O) groups excluding carboxylic acids is 1. The molecule has 2 saturated heterocycles. The molecule has 1 amide bonds. The number of likely N-dealkylation sites (tertiary alicyclic amines) is 1. The lowest BCUT2D eigenvalue weighted by atomic mass is 9.83. The lowest BCUT2D eigenvalue weighted by molar-refractivity contribution is -0.146. The van der Waals surface area contributed by atoms with Crippen LogP contribution in [-0.4, -0.2) is 54.2 Å². The highest BCUT2D eigenvalue weighted by atomic mass is 16.5. The molecule has 6 heteroatoms. The van der Waals surface area contributed by atoms with Gasteiger partial charge in [-0.2, -0.15) is 0 Å². The van der Waals surface area contributed by atoms with Gasteiger partial charge in [0.25, 0.3) is 0 Å². The minimum Gasteiger partial charge on any atom is -0.481 e. The molecule has 6 nitrogen and oxygen atoms in total. The maximum Gasteiger partial charge on any atom is 0.303 e. The summed E-state index contributed by atoms with van der Waals surface area (Å²) in [7, 11) is 0. The molecule has 0 saturated carbocycles. The lowest BCUT2D eigenvalue weighted by Gasteiger charge is -2.38. The van der Waals surface area contributed by atoms with E-state index < -0.39 is 11.4 Å². The number of nitrogens with two attached hydrogens (primary N) is 1. The number of ether oxygens (including phenoxy) is 1. The largest absolute Gasteiger partial charge is 0.481 e. The Labute approximate surface area is 112 Å². The van der Waals surface area contributed by atoms with E-state index >= 15 is 0 Å². The molecule has 2 rings (SSSR count). The van der Waals surface area contributed by atoms with Gasteiger partial charge in [-0.05, 0) is 25.7 Å². The van der Waals surface area contributed by atoms with Gasteiger partial charge >= 0.3 is 5.97 Å². The first kappa shape index (κ1) is 14.3. The summed E-state index contributed by atoms with van der Waals surface area (Å²) < 4.78 is 5.31. The summed E-state index contributed by atoms with van der Waals surface area (Å²) in [5.74, 6) is -0.739. The number of nitrogens with zero attached hydrogens (tertiary/aromatic N) is 1. The minimum atomic E-state index is -0.800. The Balaban J connectivity index is 2.01. The van der Waals surface area contributed by atoms with Gasteiger partial charge in [0.2, 0.25) is 5.91 Å². The van der Waals surface area contributed by atoms with Crippen molar-refractivity contribution in [1.82, 2.24) is 4.90 Å². The van der Waals surface area contributed by atoms with E-state index in [0.29, 0.717) is 26.3 Å². The summed E-state index contributed by atoms with van der Waals surface area (Å²) >= 11 is 0. The van der Waals surface area contributed by atoms with Gasteiger partial charge in [0.15, 0.2) is 0 Å². The van der Waals surface area contributed by atoms with Gasteiger partial charge in [-0.3, -0.25) is 9.59 Å². The monoisotopic (exact) mass is 270 g/mol. The molecular weight excluding hydrogens is 248 g/mol. The molecule has 0 aliphatic carbocycles. The number of carboxylic acid groups (broad SMARTS) is 1. The van der Waals surface area contributed by atoms with Crippen LogP contribution < -0.4 is 5.73 Å². The number of rotatable bonds is 3. The van der Waals surface area contributed by atoms with Crippen molar-refractivity contribution >= 4 is 11.9 Å². The van der Waals surface area contributed by atoms with Gasteiger partial charge in [0, 0.05) is 25.6 Å². The Bertz CT molecular complexity index is 374. The highest BCUT2D eigenvalue weighted by molar-refractivity contribution is 5.84. The van der Waals surface area contributed by atoms with E-state index in [-0.39, 0.29) is 24.3 Å². The van der Waals surface area contributed by atoms with Crippen molar-refractivity contribution < 1.29 is 19.4 Å². The van der Waals surface area contributed by atoms with Crippen LogP contribution in [0.5, 0.6) is 0 Å². The predicted octanol–water partition coefficient (Wildman–Crippen LogP) is 0.0635. The molecule has 3 unspecified atom stereocenters. The molecule has 0 radical (unpaired) electrons. The molecule has 0 aromatic rings. The fraction of sp³-hybridized carbons (Fsp3) is 0.846. The molecule has 2 fully saturated rings. The average Bonchev–Trinajstić information content (AvgIpc) is 2.69. The quantitative estimate of drug-likeness (QED) is 0.756. The number of hydrogen-bond acceptors (Lipinski definition) is 4. The van der Waals surface area contributed by atoms with E-state index in [0.717, 1.165) is 12.8 Å². The van der Waals surface area contributed by atoms with Crippen LogP contribution in [0.15, 0.2) is 0 Å². The van der Waals surface area contributed by atoms with Gasteiger partial charge in [-0.1, -0.05) is 0 Å². The number of hydrogen-bond donors (Lipinski definition) is 2. The van der Waals surface area contributed by atoms with Crippen LogP contribution in [0.3, 0.4) is 0 Å². The first-order valence-corrected chi connectivity index (χ1v) is 6.78. The van der Waals surface area contributed by atoms with Crippen LogP contribution in [0.25, 0.3) is 0 Å². The van der Waals surface area contributed by atoms with Crippen LogP contribution in [0, 0.1) is 11.3 Å². The average molecular weight is 270 g/mol. The van der Waals surface area contributed by atoms with Gasteiger partial charge in [0.1, 0.15) is 0 Å². The van der Waals surface area contributed by atoms with Crippen LogP contribution >= 0.6 is 0 Å². The van der Waals surface area contributed by atoms with Gasteiger partial charge in [0.05, 0.1) is 18.6 Å². The van der Waals surface area contributed by atoms with Crippen molar-refractivity contribution in [2.75, 3.05) is 26.3 Å². The van der Waals surface area contributed by atoms with Gasteiger partial charge in [-0.25, -0.2) is 0 Å². The molecule has 2 aliphatic rings. The summed E-state index contributed by atoms with van der Waals surface area (Å²) in [5, 5.41) is 8.85. The molecule has 0 spiro atoms. The third-order valence-electron chi connectivity index (χ3n) is 4.28. The van der Waals surface area contributed by atoms with E-state index in [9.17, 15) is 9.59 Å². The van der Waals surface area contributed by atoms with Crippen LogP contribution in [0.2, 0.25) is 0 Å². The smallest absolute Gasteiger partial charge is 0.303 e. The van der Waals surface area contributed by atoms with Crippen LogP contribution in [0.1, 0.15) is 26.2 Å². The van der Waals surface area contributed by atoms with Crippen molar-refractivity contribution in [3.8, 4) is 0 Å². The van der Waals surface area contributed by atoms with E-state index in [2.05, 4.69) is 0 Å². The third kappa shape index (κ3) is 2.90. The van der Waals surface area contributed by atoms with Crippen LogP contribution in [0.4, 0.5) is 0 Å². The van der Waals surface area contributed by atoms with E-state index in [1.807, 2.05) is 6.92 Å². The van der Waals surface area contributed by atoms with E-state index in [1.54, 1.807) is 4.90 Å². The summed E-state index contributed by atoms with van der Waals surface area (Å²) in [4.78, 5) is 25.1. The van der Waals surface area contributed by atoms with Crippen molar-refractivity contribution in [2.24, 2.45) is 17.1 Å². The van der Waals surface area contributed by atoms with E-state index in [1.165, 1.54) is 0 Å². The molecular formula is C13H22N2O4. The van der Waals surface area contributed by atoms with Crippen molar-refractivity contribution in [3.63, 3.8) is 0 Å². The van der Waals surface area contributed by atoms with E-state index in [4.69, 9.17) is 15.6 Å². The number of piperidine rings is 1. The Hall–Kier alpha value is -1.14. The fourth-order valence-corrected chi connectivity index (χ4v) is 2.93. The number of carbonyl (C=O) groups is 2. The molecule has 3 N–H and O–H groups in total.